The summed E-state index contributed by atoms with van der Waals surface area (Å²) in [5.74, 6) is 0. The summed E-state index contributed by atoms with van der Waals surface area (Å²) < 4.78 is 12.3. The van der Waals surface area contributed by atoms with Crippen LogP contribution in [0.1, 0.15) is 34.2 Å². The third-order valence-corrected chi connectivity index (χ3v) is 22.1. The van der Waals surface area contributed by atoms with Crippen molar-refractivity contribution in [3.8, 4) is 0 Å². The van der Waals surface area contributed by atoms with Crippen molar-refractivity contribution in [3.63, 3.8) is 0 Å². The molecule has 0 aromatic carbocycles. The molecule has 3 aliphatic rings. The van der Waals surface area contributed by atoms with Crippen LogP contribution < -0.4 is 5.32 Å². The fourth-order valence-corrected chi connectivity index (χ4v) is 14.3. The maximum absolute atomic E-state index is 5.03. The summed E-state index contributed by atoms with van der Waals surface area (Å²) in [4.78, 5) is 25.9. The molecule has 6 bridgehead atoms. The van der Waals surface area contributed by atoms with Crippen LogP contribution in [0.5, 0.6) is 0 Å². The molecule has 0 atom stereocenters. The molecule has 344 valence electrons. The van der Waals surface area contributed by atoms with E-state index in [1.807, 2.05) is 36.5 Å². The van der Waals surface area contributed by atoms with Crippen LogP contribution in [-0.4, -0.2) is 174 Å². The third kappa shape index (κ3) is 19.7. The topological polar surface area (TPSA) is 79.9 Å². The van der Waals surface area contributed by atoms with Gasteiger partial charge < -0.3 is 5.32 Å². The molecule has 0 amide bonds. The molecule has 3 aliphatic heterocycles. The Hall–Kier alpha value is 2.45. The van der Waals surface area contributed by atoms with E-state index < -0.39 is 0 Å². The van der Waals surface area contributed by atoms with E-state index in [2.05, 4.69) is 207 Å². The molecule has 3 aromatic rings. The van der Waals surface area contributed by atoms with Gasteiger partial charge in [-0.3, -0.25) is 34.6 Å². The first kappa shape index (κ1) is 53.8. The van der Waals surface area contributed by atoms with Gasteiger partial charge in [0.15, 0.2) is 0 Å². The van der Waals surface area contributed by atoms with E-state index in [-0.39, 0.29) is 0 Å². The molecular formula is C39H58I5N13S5. The highest BCUT2D eigenvalue weighted by Crippen LogP contribution is 2.26. The maximum atomic E-state index is 5.03. The van der Waals surface area contributed by atoms with E-state index in [0.29, 0.717) is 0 Å². The molecule has 0 saturated heterocycles. The van der Waals surface area contributed by atoms with Gasteiger partial charge in [-0.1, -0.05) is 18.2 Å². The average Bonchev–Trinajstić information content (AvgIpc) is 3.29. The van der Waals surface area contributed by atoms with Crippen molar-refractivity contribution in [2.45, 2.75) is 39.3 Å². The van der Waals surface area contributed by atoms with Crippen molar-refractivity contribution in [2.24, 2.45) is 0 Å². The van der Waals surface area contributed by atoms with Gasteiger partial charge in [0.1, 0.15) is 0 Å². The number of nitrogens with one attached hydrogen (secondary N) is 1. The second kappa shape index (κ2) is 30.9. The van der Waals surface area contributed by atoms with E-state index >= 15 is 0 Å². The second-order valence-corrected chi connectivity index (χ2v) is 24.7. The molecular weight excluding hydrogens is 1450 g/mol. The van der Waals surface area contributed by atoms with Gasteiger partial charge in [0.05, 0.1) is 66.9 Å². The number of hydrogen-bond donors (Lipinski definition) is 1. The minimum absolute atomic E-state index is 0.809. The van der Waals surface area contributed by atoms with Gasteiger partial charge in [0, 0.05) is 230 Å². The highest BCUT2D eigenvalue weighted by molar-refractivity contribution is 14.2. The monoisotopic (exact) mass is 1500 g/mol. The molecule has 0 fully saturated rings. The number of pyridine rings is 3. The molecule has 62 heavy (non-hydrogen) atoms. The number of rotatable bonds is 14. The predicted molar refractivity (Wildman–Crippen MR) is 310 cm³/mol. The van der Waals surface area contributed by atoms with Gasteiger partial charge in [-0.05, 0) is 82.0 Å². The summed E-state index contributed by atoms with van der Waals surface area (Å²) in [7, 11) is 9.05. The van der Waals surface area contributed by atoms with Crippen LogP contribution in [0.25, 0.3) is 0 Å². The Kier molecular flexibility index (Phi) is 26.8. The first-order valence-corrected chi connectivity index (χ1v) is 37.6. The van der Waals surface area contributed by atoms with Gasteiger partial charge in [-0.2, -0.15) is 0 Å². The Morgan fingerprint density at radius 1 is 0.419 bits per heavy atom. The lowest BCUT2D eigenvalue weighted by Crippen LogP contribution is -2.47. The molecule has 3 aromatic heterocycles. The van der Waals surface area contributed by atoms with Gasteiger partial charge in [-0.15, -0.1) is 0 Å². The second-order valence-electron chi connectivity index (χ2n) is 15.6. The van der Waals surface area contributed by atoms with E-state index in [4.69, 9.17) is 15.0 Å². The molecule has 13 nitrogen and oxygen atoms in total. The fraction of sp³-hybridized carbons (Fsp3) is 0.615. The average molecular weight is 1500 g/mol. The van der Waals surface area contributed by atoms with Crippen molar-refractivity contribution >= 4 is 152 Å². The first-order chi connectivity index (χ1) is 30.4. The van der Waals surface area contributed by atoms with E-state index in [1.54, 1.807) is 9.12 Å². The van der Waals surface area contributed by atoms with Crippen molar-refractivity contribution < 1.29 is 0 Å². The lowest BCUT2D eigenvalue weighted by atomic mass is 10.2. The van der Waals surface area contributed by atoms with Crippen molar-refractivity contribution in [1.29, 1.82) is 0 Å². The largest absolute Gasteiger partial charge is 0.310 e. The first-order valence-electron chi connectivity index (χ1n) is 21.0. The zero-order valence-electron chi connectivity index (χ0n) is 35.0. The van der Waals surface area contributed by atoms with E-state index in [9.17, 15) is 0 Å². The molecule has 6 rings (SSSR count). The molecule has 1 N–H and O–H groups in total. The summed E-state index contributed by atoms with van der Waals surface area (Å²) in [5, 5.41) is 3.70. The number of aromatic nitrogens is 3. The minimum atomic E-state index is 0.809. The number of halogens is 5. The van der Waals surface area contributed by atoms with Crippen LogP contribution in [-0.2, 0) is 39.3 Å². The molecule has 6 heterocycles. The van der Waals surface area contributed by atoms with Gasteiger partial charge in [0.25, 0.3) is 0 Å². The number of fused-ring (bicyclic) bond motifs is 6. The van der Waals surface area contributed by atoms with Gasteiger partial charge in [-0.25, -0.2) is 21.5 Å². The van der Waals surface area contributed by atoms with E-state index in [0.717, 1.165) is 191 Å². The van der Waals surface area contributed by atoms with E-state index in [1.165, 1.54) is 0 Å². The van der Waals surface area contributed by atoms with Crippen molar-refractivity contribution in [2.75, 3.05) is 118 Å². The molecule has 0 saturated carbocycles. The minimum Gasteiger partial charge on any atom is -0.310 e. The van der Waals surface area contributed by atoms with Crippen LogP contribution in [0.4, 0.5) is 0 Å². The fourth-order valence-electron chi connectivity index (χ4n) is 7.63. The van der Waals surface area contributed by atoms with Crippen molar-refractivity contribution in [3.05, 3.63) is 88.8 Å². The molecule has 0 spiro atoms. The Morgan fingerprint density at radius 2 is 0.710 bits per heavy atom. The Morgan fingerprint density at radius 3 is 1.03 bits per heavy atom. The lowest BCUT2D eigenvalue weighted by molar-refractivity contribution is 0.145. The highest BCUT2D eigenvalue weighted by Gasteiger charge is 2.21. The molecule has 23 heteroatoms. The van der Waals surface area contributed by atoms with Crippen LogP contribution in [0.3, 0.4) is 0 Å². The number of hydrogen-bond acceptors (Lipinski definition) is 18. The molecule has 0 unspecified atom stereocenters. The summed E-state index contributed by atoms with van der Waals surface area (Å²) in [6, 6.07) is 19.5. The summed E-state index contributed by atoms with van der Waals surface area (Å²) in [5.41, 5.74) is 6.88. The highest BCUT2D eigenvalue weighted by atomic mass is 127. The summed E-state index contributed by atoms with van der Waals surface area (Å²) in [6.07, 6.45) is 0. The predicted octanol–water partition coefficient (Wildman–Crippen LogP) is 8.61. The van der Waals surface area contributed by atoms with Crippen LogP contribution in [0.2, 0.25) is 0 Å². The molecule has 0 aliphatic carbocycles. The Bertz CT molecular complexity index is 1590. The lowest BCUT2D eigenvalue weighted by Gasteiger charge is -2.34. The normalized spacial score (nSPS) is 20.4. The smallest absolute Gasteiger partial charge is 0.0557 e. The van der Waals surface area contributed by atoms with Crippen molar-refractivity contribution in [1.82, 2.24) is 61.4 Å². The Labute approximate surface area is 452 Å². The van der Waals surface area contributed by atoms with Gasteiger partial charge >= 0.3 is 0 Å². The summed E-state index contributed by atoms with van der Waals surface area (Å²) >= 11 is 12.2. The SMILES string of the molecule is ISN1CCN(CCN(CCN2CCN(SI)Cc3cccc(n3)CN(SI)CC2)CCN2CCN(SI)Cc3cccc(n3)CN(SI)CC2)CCNCc2cccc(n2)C1. The third-order valence-electron chi connectivity index (χ3n) is 11.2. The quantitative estimate of drug-likeness (QED) is 0.124. The number of nitrogens with zero attached hydrogens (tertiary/aromatic N) is 12. The zero-order valence-corrected chi connectivity index (χ0v) is 49.8. The van der Waals surface area contributed by atoms with Crippen LogP contribution >= 0.6 is 152 Å². The zero-order chi connectivity index (χ0) is 43.4. The van der Waals surface area contributed by atoms with Crippen LogP contribution in [0.15, 0.2) is 54.6 Å². The maximum Gasteiger partial charge on any atom is 0.0557 e. The Balaban J connectivity index is 1.15. The molecule has 0 radical (unpaired) electrons. The standard InChI is InChI=1S/C39H58I5N13S5/c40-58-53-23-18-49(11-10-45-28-34-4-1-5-35(29-53)46-34)12-13-50(14-16-51-19-24-54(59-41)30-36-6-2-7-37(47-36)31-55(60-42)25-20-51)15-17-52-21-26-56(61-43)32-38-8-3-9-39(48-38)33-57(62-44)27-22-52/h1-9,45H,10-33H2. The summed E-state index contributed by atoms with van der Waals surface area (Å²) in [6.45, 7) is 23.6. The van der Waals surface area contributed by atoms with Crippen LogP contribution in [0, 0.1) is 0 Å². The van der Waals surface area contributed by atoms with Gasteiger partial charge in [0.2, 0.25) is 0 Å².